The summed E-state index contributed by atoms with van der Waals surface area (Å²) in [6.07, 6.45) is 0.977. The van der Waals surface area contributed by atoms with Gasteiger partial charge >= 0.3 is 5.97 Å². The van der Waals surface area contributed by atoms with Crippen molar-refractivity contribution in [3.8, 4) is 0 Å². The van der Waals surface area contributed by atoms with Crippen LogP contribution in [0, 0.1) is 0 Å². The minimum atomic E-state index is -0.621. The van der Waals surface area contributed by atoms with Gasteiger partial charge in [-0.1, -0.05) is 60.7 Å². The van der Waals surface area contributed by atoms with Gasteiger partial charge in [0.1, 0.15) is 0 Å². The van der Waals surface area contributed by atoms with Crippen LogP contribution in [0.2, 0.25) is 0 Å². The summed E-state index contributed by atoms with van der Waals surface area (Å²) in [5, 5.41) is 2.90. The predicted octanol–water partition coefficient (Wildman–Crippen LogP) is 3.03. The van der Waals surface area contributed by atoms with E-state index in [0.29, 0.717) is 19.4 Å². The highest BCUT2D eigenvalue weighted by atomic mass is 16.6. The first kappa shape index (κ1) is 16.2. The Balaban J connectivity index is 1.63. The molecular weight excluding hydrogens is 302 g/mol. The molecule has 1 atom stereocenters. The van der Waals surface area contributed by atoms with E-state index in [1.807, 2.05) is 36.4 Å². The fourth-order valence-electron chi connectivity index (χ4n) is 3.06. The minimum absolute atomic E-state index is 0.194. The molecule has 0 radical (unpaired) electrons. The van der Waals surface area contributed by atoms with E-state index in [1.54, 1.807) is 0 Å². The van der Waals surface area contributed by atoms with Crippen molar-refractivity contribution in [2.24, 2.45) is 0 Å². The molecule has 2 aromatic carbocycles. The number of esters is 1. The molecule has 0 bridgehead atoms. The molecule has 0 aliphatic carbocycles. The number of amides is 1. The number of ether oxygens (including phenoxy) is 1. The Morgan fingerprint density at radius 2 is 1.62 bits per heavy atom. The third-order valence-electron chi connectivity index (χ3n) is 4.31. The third kappa shape index (κ3) is 4.02. The van der Waals surface area contributed by atoms with Gasteiger partial charge in [-0.2, -0.15) is 0 Å². The van der Waals surface area contributed by atoms with E-state index < -0.39 is 6.10 Å². The van der Waals surface area contributed by atoms with Crippen molar-refractivity contribution in [1.29, 1.82) is 0 Å². The van der Waals surface area contributed by atoms with Crippen molar-refractivity contribution in [3.63, 3.8) is 0 Å². The molecule has 1 amide bonds. The number of carbonyl (C=O) groups excluding carboxylic acids is 2. The standard InChI is InChI=1S/C20H21NO3/c22-19-12-11-18(24-19)20(23)21-14-13-17(15-7-3-1-4-8-15)16-9-5-2-6-10-16/h1-10,17-18H,11-14H2,(H,21,23)/t18-/m1/s1. The summed E-state index contributed by atoms with van der Waals surface area (Å²) < 4.78 is 5.00. The van der Waals surface area contributed by atoms with Gasteiger partial charge < -0.3 is 10.1 Å². The van der Waals surface area contributed by atoms with Gasteiger partial charge in [0.25, 0.3) is 5.91 Å². The van der Waals surface area contributed by atoms with Gasteiger partial charge in [0.15, 0.2) is 6.10 Å². The molecule has 1 saturated heterocycles. The van der Waals surface area contributed by atoms with E-state index in [-0.39, 0.29) is 17.8 Å². The van der Waals surface area contributed by atoms with Crippen LogP contribution in [0.15, 0.2) is 60.7 Å². The number of carbonyl (C=O) groups is 2. The molecule has 1 heterocycles. The largest absolute Gasteiger partial charge is 0.452 e. The van der Waals surface area contributed by atoms with Crippen molar-refractivity contribution in [2.45, 2.75) is 31.3 Å². The smallest absolute Gasteiger partial charge is 0.306 e. The Labute approximate surface area is 141 Å². The first-order valence-corrected chi connectivity index (χ1v) is 8.31. The molecule has 0 spiro atoms. The Bertz CT molecular complexity index is 645. The highest BCUT2D eigenvalue weighted by molar-refractivity contribution is 5.86. The Morgan fingerprint density at radius 3 is 2.12 bits per heavy atom. The van der Waals surface area contributed by atoms with Crippen LogP contribution in [0.25, 0.3) is 0 Å². The first-order chi connectivity index (χ1) is 11.7. The van der Waals surface area contributed by atoms with Crippen LogP contribution in [-0.2, 0) is 14.3 Å². The zero-order valence-electron chi connectivity index (χ0n) is 13.5. The fraction of sp³-hybridized carbons (Fsp3) is 0.300. The normalized spacial score (nSPS) is 16.9. The minimum Gasteiger partial charge on any atom is -0.452 e. The average molecular weight is 323 g/mol. The lowest BCUT2D eigenvalue weighted by molar-refractivity contribution is -0.148. The van der Waals surface area contributed by atoms with E-state index >= 15 is 0 Å². The van der Waals surface area contributed by atoms with Crippen LogP contribution in [-0.4, -0.2) is 24.5 Å². The topological polar surface area (TPSA) is 55.4 Å². The Kier molecular flexibility index (Phi) is 5.26. The molecule has 3 rings (SSSR count). The number of cyclic esters (lactones) is 1. The number of benzene rings is 2. The number of hydrogen-bond acceptors (Lipinski definition) is 3. The van der Waals surface area contributed by atoms with Gasteiger partial charge in [-0.15, -0.1) is 0 Å². The Morgan fingerprint density at radius 1 is 1.04 bits per heavy atom. The van der Waals surface area contributed by atoms with Gasteiger partial charge in [-0.3, -0.25) is 9.59 Å². The predicted molar refractivity (Wildman–Crippen MR) is 91.5 cm³/mol. The van der Waals surface area contributed by atoms with Crippen molar-refractivity contribution in [2.75, 3.05) is 6.54 Å². The van der Waals surface area contributed by atoms with Gasteiger partial charge in [0.2, 0.25) is 0 Å². The van der Waals surface area contributed by atoms with E-state index in [9.17, 15) is 9.59 Å². The van der Waals surface area contributed by atoms with E-state index in [0.717, 1.165) is 6.42 Å². The van der Waals surface area contributed by atoms with Gasteiger partial charge in [0, 0.05) is 25.3 Å². The lowest BCUT2D eigenvalue weighted by Crippen LogP contribution is -2.35. The van der Waals surface area contributed by atoms with Gasteiger partial charge in [-0.25, -0.2) is 0 Å². The highest BCUT2D eigenvalue weighted by Gasteiger charge is 2.29. The molecule has 4 nitrogen and oxygen atoms in total. The fourth-order valence-corrected chi connectivity index (χ4v) is 3.06. The van der Waals surface area contributed by atoms with Crippen LogP contribution >= 0.6 is 0 Å². The molecule has 0 saturated carbocycles. The molecule has 124 valence electrons. The molecule has 24 heavy (non-hydrogen) atoms. The summed E-state index contributed by atoms with van der Waals surface area (Å²) in [5.74, 6) is -0.263. The van der Waals surface area contributed by atoms with Gasteiger partial charge in [0.05, 0.1) is 0 Å². The second-order valence-corrected chi connectivity index (χ2v) is 5.97. The molecule has 1 fully saturated rings. The molecule has 1 aliphatic heterocycles. The molecule has 1 N–H and O–H groups in total. The first-order valence-electron chi connectivity index (χ1n) is 8.31. The second kappa shape index (κ2) is 7.77. The zero-order chi connectivity index (χ0) is 16.8. The average Bonchev–Trinajstić information content (AvgIpc) is 3.07. The highest BCUT2D eigenvalue weighted by Crippen LogP contribution is 2.27. The molecule has 1 aliphatic rings. The summed E-state index contributed by atoms with van der Waals surface area (Å²) in [7, 11) is 0. The maximum atomic E-state index is 12.1. The summed E-state index contributed by atoms with van der Waals surface area (Å²) in [6, 6.07) is 20.6. The van der Waals surface area contributed by atoms with Gasteiger partial charge in [-0.05, 0) is 17.5 Å². The Hall–Kier alpha value is -2.62. The summed E-state index contributed by atoms with van der Waals surface area (Å²) in [4.78, 5) is 23.2. The maximum Gasteiger partial charge on any atom is 0.306 e. The van der Waals surface area contributed by atoms with Crippen LogP contribution in [0.1, 0.15) is 36.3 Å². The molecular formula is C20H21NO3. The summed E-state index contributed by atoms with van der Waals surface area (Å²) in [6.45, 7) is 0.543. The maximum absolute atomic E-state index is 12.1. The summed E-state index contributed by atoms with van der Waals surface area (Å²) in [5.41, 5.74) is 2.45. The van der Waals surface area contributed by atoms with Crippen molar-refractivity contribution in [3.05, 3.63) is 71.8 Å². The monoisotopic (exact) mass is 323 g/mol. The van der Waals surface area contributed by atoms with E-state index in [1.165, 1.54) is 11.1 Å². The van der Waals surface area contributed by atoms with Crippen LogP contribution in [0.3, 0.4) is 0 Å². The lowest BCUT2D eigenvalue weighted by Gasteiger charge is -2.19. The van der Waals surface area contributed by atoms with E-state index in [4.69, 9.17) is 4.74 Å². The zero-order valence-corrected chi connectivity index (χ0v) is 13.5. The van der Waals surface area contributed by atoms with Crippen LogP contribution in [0.5, 0.6) is 0 Å². The van der Waals surface area contributed by atoms with E-state index in [2.05, 4.69) is 29.6 Å². The SMILES string of the molecule is O=C1CC[C@H](C(=O)NCCC(c2ccccc2)c2ccccc2)O1. The lowest BCUT2D eigenvalue weighted by atomic mass is 9.88. The number of nitrogens with one attached hydrogen (secondary N) is 1. The quantitative estimate of drug-likeness (QED) is 0.831. The van der Waals surface area contributed by atoms with Crippen molar-refractivity contribution < 1.29 is 14.3 Å². The summed E-state index contributed by atoms with van der Waals surface area (Å²) >= 11 is 0. The molecule has 2 aromatic rings. The number of rotatable bonds is 6. The molecule has 4 heteroatoms. The van der Waals surface area contributed by atoms with Crippen molar-refractivity contribution >= 4 is 11.9 Å². The van der Waals surface area contributed by atoms with Crippen LogP contribution < -0.4 is 5.32 Å². The molecule has 0 unspecified atom stereocenters. The van der Waals surface area contributed by atoms with Crippen LogP contribution in [0.4, 0.5) is 0 Å². The van der Waals surface area contributed by atoms with Crippen molar-refractivity contribution in [1.82, 2.24) is 5.32 Å². The molecule has 0 aromatic heterocycles. The number of hydrogen-bond donors (Lipinski definition) is 1. The third-order valence-corrected chi connectivity index (χ3v) is 4.31. The second-order valence-electron chi connectivity index (χ2n) is 5.97.